The molecule has 0 atom stereocenters. The van der Waals surface area contributed by atoms with Gasteiger partial charge in [-0.15, -0.1) is 11.3 Å². The van der Waals surface area contributed by atoms with E-state index < -0.39 is 23.8 Å². The van der Waals surface area contributed by atoms with Gasteiger partial charge in [0.1, 0.15) is 5.00 Å². The Kier molecular flexibility index (Phi) is 8.77. The molecule has 2 aromatic heterocycles. The zero-order valence-corrected chi connectivity index (χ0v) is 22.4. The van der Waals surface area contributed by atoms with Crippen LogP contribution in [0.15, 0.2) is 46.1 Å². The van der Waals surface area contributed by atoms with Crippen LogP contribution < -0.4 is 20.2 Å². The van der Waals surface area contributed by atoms with Crippen molar-refractivity contribution in [1.29, 1.82) is 0 Å². The number of methoxy groups -OCH3 is 1. The Balaban J connectivity index is 1.43. The molecule has 0 fully saturated rings. The minimum atomic E-state index is -1.01. The van der Waals surface area contributed by atoms with Crippen molar-refractivity contribution in [1.82, 2.24) is 5.43 Å². The Labute approximate surface area is 228 Å². The quantitative estimate of drug-likeness (QED) is 0.139. The molecule has 2 heterocycles. The number of hydrogen-bond acceptors (Lipinski definition) is 10. The SMILES string of the molecule is CCOC(=O)c1c(NC(=O)C(=O)N/N=C(\C)c2ccc(OC(=O)c3ccco3)c(OC)c2)sc2c1CCCC2. The summed E-state index contributed by atoms with van der Waals surface area (Å²) in [6.45, 7) is 3.52. The molecule has 2 N–H and O–H groups in total. The van der Waals surface area contributed by atoms with Crippen molar-refractivity contribution < 1.29 is 37.8 Å². The lowest BCUT2D eigenvalue weighted by molar-refractivity contribution is -0.136. The molecule has 1 aliphatic carbocycles. The summed E-state index contributed by atoms with van der Waals surface area (Å²) in [5.41, 5.74) is 4.32. The third kappa shape index (κ3) is 6.34. The Morgan fingerprint density at radius 1 is 1.05 bits per heavy atom. The van der Waals surface area contributed by atoms with E-state index in [-0.39, 0.29) is 23.9 Å². The van der Waals surface area contributed by atoms with Gasteiger partial charge >= 0.3 is 23.8 Å². The number of carbonyl (C=O) groups is 4. The summed E-state index contributed by atoms with van der Waals surface area (Å²) in [6.07, 6.45) is 4.82. The normalized spacial score (nSPS) is 12.7. The average Bonchev–Trinajstić information content (AvgIpc) is 3.60. The number of hydrogen-bond donors (Lipinski definition) is 2. The molecule has 12 heteroatoms. The van der Waals surface area contributed by atoms with E-state index in [4.69, 9.17) is 18.6 Å². The van der Waals surface area contributed by atoms with E-state index >= 15 is 0 Å². The van der Waals surface area contributed by atoms with Gasteiger partial charge in [-0.2, -0.15) is 5.10 Å². The van der Waals surface area contributed by atoms with Gasteiger partial charge in [-0.05, 0) is 75.4 Å². The third-order valence-electron chi connectivity index (χ3n) is 5.92. The van der Waals surface area contributed by atoms with E-state index in [0.29, 0.717) is 21.8 Å². The maximum atomic E-state index is 12.6. The van der Waals surface area contributed by atoms with Crippen molar-refractivity contribution in [3.63, 3.8) is 0 Å². The van der Waals surface area contributed by atoms with Gasteiger partial charge in [0.2, 0.25) is 5.76 Å². The van der Waals surface area contributed by atoms with Gasteiger partial charge in [-0.25, -0.2) is 15.0 Å². The van der Waals surface area contributed by atoms with Crippen LogP contribution in [0.1, 0.15) is 63.6 Å². The summed E-state index contributed by atoms with van der Waals surface area (Å²) in [6, 6.07) is 7.73. The molecule has 1 aliphatic rings. The Hall–Kier alpha value is -4.45. The van der Waals surface area contributed by atoms with E-state index in [1.807, 2.05) is 0 Å². The number of aryl methyl sites for hydroxylation is 1. The second-order valence-electron chi connectivity index (χ2n) is 8.46. The van der Waals surface area contributed by atoms with E-state index in [9.17, 15) is 19.2 Å². The van der Waals surface area contributed by atoms with Gasteiger partial charge in [0.15, 0.2) is 11.5 Å². The van der Waals surface area contributed by atoms with Crippen molar-refractivity contribution in [2.75, 3.05) is 19.0 Å². The first-order valence-electron chi connectivity index (χ1n) is 12.2. The number of esters is 2. The molecular formula is C27H27N3O8S. The lowest BCUT2D eigenvalue weighted by Gasteiger charge is -2.12. The van der Waals surface area contributed by atoms with E-state index in [1.165, 1.54) is 36.8 Å². The molecule has 0 spiro atoms. The fourth-order valence-corrected chi connectivity index (χ4v) is 5.28. The highest BCUT2D eigenvalue weighted by atomic mass is 32.1. The van der Waals surface area contributed by atoms with Gasteiger partial charge in [-0.3, -0.25) is 9.59 Å². The number of thiophene rings is 1. The zero-order chi connectivity index (χ0) is 27.9. The molecule has 1 aromatic carbocycles. The van der Waals surface area contributed by atoms with E-state index in [0.717, 1.165) is 36.1 Å². The lowest BCUT2D eigenvalue weighted by atomic mass is 9.95. The van der Waals surface area contributed by atoms with Crippen LogP contribution in [0, 0.1) is 0 Å². The van der Waals surface area contributed by atoms with E-state index in [1.54, 1.807) is 32.0 Å². The molecule has 39 heavy (non-hydrogen) atoms. The molecule has 0 radical (unpaired) electrons. The molecule has 0 bridgehead atoms. The van der Waals surface area contributed by atoms with Gasteiger partial charge in [0.05, 0.1) is 31.3 Å². The number of rotatable bonds is 8. The standard InChI is InChI=1S/C27H27N3O8S/c1-4-36-27(34)22-17-8-5-6-10-21(17)39-25(22)28-23(31)24(32)30-29-15(2)16-11-12-18(20(14-16)35-3)38-26(33)19-9-7-13-37-19/h7,9,11-14H,4-6,8,10H2,1-3H3,(H,28,31)(H,30,32)/b29-15+. The van der Waals surface area contributed by atoms with Crippen LogP contribution in [0.25, 0.3) is 0 Å². The maximum Gasteiger partial charge on any atom is 0.379 e. The Bertz CT molecular complexity index is 1420. The number of nitrogens with zero attached hydrogens (tertiary/aromatic N) is 1. The second-order valence-corrected chi connectivity index (χ2v) is 9.57. The average molecular weight is 554 g/mol. The molecule has 204 valence electrons. The van der Waals surface area contributed by atoms with Crippen molar-refractivity contribution in [3.8, 4) is 11.5 Å². The molecule has 0 unspecified atom stereocenters. The number of amides is 2. The molecule has 2 amide bonds. The molecular weight excluding hydrogens is 526 g/mol. The highest BCUT2D eigenvalue weighted by Crippen LogP contribution is 2.38. The largest absolute Gasteiger partial charge is 0.493 e. The summed E-state index contributed by atoms with van der Waals surface area (Å²) < 4.78 is 20.9. The first kappa shape index (κ1) is 27.6. The molecule has 0 saturated heterocycles. The summed E-state index contributed by atoms with van der Waals surface area (Å²) in [7, 11) is 1.41. The summed E-state index contributed by atoms with van der Waals surface area (Å²) in [5.74, 6) is -2.73. The van der Waals surface area contributed by atoms with Crippen LogP contribution in [0.4, 0.5) is 5.00 Å². The highest BCUT2D eigenvalue weighted by molar-refractivity contribution is 7.17. The fraction of sp³-hybridized carbons (Fsp3) is 0.296. The predicted molar refractivity (Wildman–Crippen MR) is 143 cm³/mol. The van der Waals surface area contributed by atoms with Crippen molar-refractivity contribution in [2.45, 2.75) is 39.5 Å². The number of carbonyl (C=O) groups excluding carboxylic acids is 4. The van der Waals surface area contributed by atoms with Gasteiger partial charge in [0, 0.05) is 10.4 Å². The second kappa shape index (κ2) is 12.4. The van der Waals surface area contributed by atoms with Crippen molar-refractivity contribution in [2.24, 2.45) is 5.10 Å². The highest BCUT2D eigenvalue weighted by Gasteiger charge is 2.28. The van der Waals surface area contributed by atoms with Crippen LogP contribution in [-0.4, -0.2) is 43.2 Å². The van der Waals surface area contributed by atoms with Gasteiger partial charge in [-0.1, -0.05) is 0 Å². The van der Waals surface area contributed by atoms with Crippen LogP contribution >= 0.6 is 11.3 Å². The number of anilines is 1. The Morgan fingerprint density at radius 2 is 1.85 bits per heavy atom. The number of fused-ring (bicyclic) bond motifs is 1. The molecule has 3 aromatic rings. The predicted octanol–water partition coefficient (Wildman–Crippen LogP) is 4.10. The maximum absolute atomic E-state index is 12.6. The molecule has 4 rings (SSSR count). The number of benzene rings is 1. The molecule has 11 nitrogen and oxygen atoms in total. The fourth-order valence-electron chi connectivity index (χ4n) is 4.00. The van der Waals surface area contributed by atoms with Crippen LogP contribution in [-0.2, 0) is 27.2 Å². The minimum Gasteiger partial charge on any atom is -0.493 e. The first-order chi connectivity index (χ1) is 18.8. The van der Waals surface area contributed by atoms with Crippen LogP contribution in [0.2, 0.25) is 0 Å². The van der Waals surface area contributed by atoms with Crippen LogP contribution in [0.3, 0.4) is 0 Å². The van der Waals surface area contributed by atoms with Crippen LogP contribution in [0.5, 0.6) is 11.5 Å². The van der Waals surface area contributed by atoms with Gasteiger partial charge < -0.3 is 23.9 Å². The smallest absolute Gasteiger partial charge is 0.379 e. The molecule has 0 saturated carbocycles. The number of furan rings is 1. The summed E-state index contributed by atoms with van der Waals surface area (Å²) in [4.78, 5) is 50.9. The summed E-state index contributed by atoms with van der Waals surface area (Å²) >= 11 is 1.29. The summed E-state index contributed by atoms with van der Waals surface area (Å²) in [5, 5.41) is 6.85. The minimum absolute atomic E-state index is 0.0388. The first-order valence-corrected chi connectivity index (χ1v) is 13.0. The van der Waals surface area contributed by atoms with Gasteiger partial charge in [0.25, 0.3) is 0 Å². The lowest BCUT2D eigenvalue weighted by Crippen LogP contribution is -2.33. The Morgan fingerprint density at radius 3 is 2.56 bits per heavy atom. The monoisotopic (exact) mass is 553 g/mol. The van der Waals surface area contributed by atoms with E-state index in [2.05, 4.69) is 15.8 Å². The zero-order valence-electron chi connectivity index (χ0n) is 21.6. The van der Waals surface area contributed by atoms with Crippen molar-refractivity contribution in [3.05, 3.63) is 63.9 Å². The number of hydrazone groups is 1. The number of nitrogens with one attached hydrogen (secondary N) is 2. The molecule has 0 aliphatic heterocycles. The van der Waals surface area contributed by atoms with Crippen molar-refractivity contribution >= 4 is 45.8 Å². The topological polar surface area (TPSA) is 146 Å². The number of ether oxygens (including phenoxy) is 3. The third-order valence-corrected chi connectivity index (χ3v) is 7.12.